The maximum Gasteiger partial charge on any atom is 0.243 e. The summed E-state index contributed by atoms with van der Waals surface area (Å²) in [6.07, 6.45) is 0.00621. The van der Waals surface area contributed by atoms with Gasteiger partial charge >= 0.3 is 0 Å². The molecule has 0 bridgehead atoms. The van der Waals surface area contributed by atoms with Crippen molar-refractivity contribution in [2.75, 3.05) is 20.8 Å². The number of amides is 1. The molecule has 32 heavy (non-hydrogen) atoms. The molecule has 9 nitrogen and oxygen atoms in total. The summed E-state index contributed by atoms with van der Waals surface area (Å²) in [5.74, 6) is 2.23. The second-order valence-electron chi connectivity index (χ2n) is 7.49. The Labute approximate surface area is 187 Å². The summed E-state index contributed by atoms with van der Waals surface area (Å²) in [5, 5.41) is 5.83. The Hall–Kier alpha value is -3.30. The molecule has 2 aromatic carbocycles. The summed E-state index contributed by atoms with van der Waals surface area (Å²) in [5.41, 5.74) is 8.34. The minimum absolute atomic E-state index is 0.0139. The molecule has 2 heterocycles. The lowest BCUT2D eigenvalue weighted by molar-refractivity contribution is -0.135. The van der Waals surface area contributed by atoms with Crippen molar-refractivity contribution in [1.29, 1.82) is 0 Å². The van der Waals surface area contributed by atoms with Crippen LogP contribution in [-0.2, 0) is 9.53 Å². The van der Waals surface area contributed by atoms with Gasteiger partial charge < -0.3 is 18.9 Å². The average Bonchev–Trinajstić information content (AvgIpc) is 3.47. The van der Waals surface area contributed by atoms with Crippen LogP contribution in [0.3, 0.4) is 0 Å². The van der Waals surface area contributed by atoms with E-state index in [0.717, 1.165) is 16.9 Å². The van der Waals surface area contributed by atoms with Crippen molar-refractivity contribution in [3.05, 3.63) is 53.6 Å². The predicted octanol–water partition coefficient (Wildman–Crippen LogP) is 2.90. The largest absolute Gasteiger partial charge is 0.494 e. The summed E-state index contributed by atoms with van der Waals surface area (Å²) in [7, 11) is 3.14. The molecule has 0 radical (unpaired) electrons. The third-order valence-corrected chi connectivity index (χ3v) is 5.47. The maximum absolute atomic E-state index is 12.3. The Morgan fingerprint density at radius 3 is 2.56 bits per heavy atom. The normalized spacial score (nSPS) is 22.3. The molecule has 0 saturated carbocycles. The second kappa shape index (κ2) is 9.46. The summed E-state index contributed by atoms with van der Waals surface area (Å²) in [6, 6.07) is 13.2. The first kappa shape index (κ1) is 21.9. The van der Waals surface area contributed by atoms with E-state index in [1.807, 2.05) is 37.3 Å². The lowest BCUT2D eigenvalue weighted by Crippen LogP contribution is -2.36. The highest BCUT2D eigenvalue weighted by atomic mass is 16.5. The number of carbonyl (C=O) groups excluding carboxylic acids is 1. The van der Waals surface area contributed by atoms with E-state index >= 15 is 0 Å². The minimum Gasteiger partial charge on any atom is -0.494 e. The number of benzene rings is 2. The Bertz CT molecular complexity index is 1010. The quantitative estimate of drug-likeness (QED) is 0.684. The van der Waals surface area contributed by atoms with Gasteiger partial charge in [-0.3, -0.25) is 4.79 Å². The molecule has 2 aromatic rings. The van der Waals surface area contributed by atoms with Gasteiger partial charge in [-0.1, -0.05) is 18.2 Å². The van der Waals surface area contributed by atoms with Crippen molar-refractivity contribution < 1.29 is 23.7 Å². The zero-order chi connectivity index (χ0) is 22.7. The first-order valence-corrected chi connectivity index (χ1v) is 10.5. The van der Waals surface area contributed by atoms with Gasteiger partial charge in [0.1, 0.15) is 11.8 Å². The van der Waals surface area contributed by atoms with Gasteiger partial charge in [0, 0.05) is 18.1 Å². The fraction of sp³-hybridized carbons (Fsp3) is 0.391. The summed E-state index contributed by atoms with van der Waals surface area (Å²) < 4.78 is 22.6. The molecule has 170 valence electrons. The van der Waals surface area contributed by atoms with E-state index in [1.165, 1.54) is 11.9 Å². The van der Waals surface area contributed by atoms with Crippen LogP contribution in [0.2, 0.25) is 0 Å². The topological polar surface area (TPSA) is 93.7 Å². The molecule has 0 aliphatic carbocycles. The number of hydrazone groups is 1. The Kier molecular flexibility index (Phi) is 6.48. The van der Waals surface area contributed by atoms with Crippen LogP contribution >= 0.6 is 0 Å². The van der Waals surface area contributed by atoms with Gasteiger partial charge in [0.2, 0.25) is 18.0 Å². The van der Waals surface area contributed by atoms with Crippen molar-refractivity contribution >= 4 is 11.8 Å². The van der Waals surface area contributed by atoms with Crippen molar-refractivity contribution in [1.82, 2.24) is 15.9 Å². The number of ether oxygens (including phenoxy) is 4. The molecule has 1 saturated heterocycles. The van der Waals surface area contributed by atoms with Gasteiger partial charge in [0.15, 0.2) is 11.5 Å². The number of nitrogens with zero attached hydrogens (tertiary/aromatic N) is 2. The van der Waals surface area contributed by atoms with E-state index in [9.17, 15) is 4.79 Å². The SMILES string of the molecule is CCOc1ccccc1C1CC(C2=NN(C(C)=O)C(c3ccc(OC)c(OC)c3)O2)NN1. The van der Waals surface area contributed by atoms with Gasteiger partial charge in [0.25, 0.3) is 0 Å². The van der Waals surface area contributed by atoms with Crippen LogP contribution in [-0.4, -0.2) is 43.7 Å². The molecule has 9 heteroatoms. The molecule has 2 aliphatic heterocycles. The molecule has 2 aliphatic rings. The van der Waals surface area contributed by atoms with Gasteiger partial charge in [-0.15, -0.1) is 5.10 Å². The highest BCUT2D eigenvalue weighted by molar-refractivity contribution is 5.86. The standard InChI is InChI=1S/C23H28N4O5/c1-5-31-19-9-7-6-8-16(19)17-13-18(25-24-17)22-26-27(14(2)28)23(32-22)15-10-11-20(29-3)21(12-15)30-4/h6-12,17-18,23-25H,5,13H2,1-4H3. The zero-order valence-corrected chi connectivity index (χ0v) is 18.6. The summed E-state index contributed by atoms with van der Waals surface area (Å²) in [4.78, 5) is 12.3. The summed E-state index contributed by atoms with van der Waals surface area (Å²) >= 11 is 0. The van der Waals surface area contributed by atoms with Crippen LogP contribution in [0.5, 0.6) is 17.2 Å². The molecule has 0 spiro atoms. The van der Waals surface area contributed by atoms with Crippen molar-refractivity contribution in [3.8, 4) is 17.2 Å². The van der Waals surface area contributed by atoms with Gasteiger partial charge in [0.05, 0.1) is 26.9 Å². The molecular weight excluding hydrogens is 412 g/mol. The molecule has 2 N–H and O–H groups in total. The van der Waals surface area contributed by atoms with E-state index in [1.54, 1.807) is 26.4 Å². The smallest absolute Gasteiger partial charge is 0.243 e. The molecule has 1 amide bonds. The van der Waals surface area contributed by atoms with Crippen LogP contribution in [0.1, 0.15) is 43.7 Å². The van der Waals surface area contributed by atoms with Crippen molar-refractivity contribution in [3.63, 3.8) is 0 Å². The van der Waals surface area contributed by atoms with Crippen LogP contribution < -0.4 is 25.1 Å². The lowest BCUT2D eigenvalue weighted by atomic mass is 10.0. The number of nitrogens with one attached hydrogen (secondary N) is 2. The number of hydrogen-bond acceptors (Lipinski definition) is 8. The van der Waals surface area contributed by atoms with Crippen LogP contribution in [0, 0.1) is 0 Å². The fourth-order valence-corrected chi connectivity index (χ4v) is 3.93. The van der Waals surface area contributed by atoms with E-state index in [-0.39, 0.29) is 18.0 Å². The van der Waals surface area contributed by atoms with Crippen molar-refractivity contribution in [2.45, 2.75) is 38.6 Å². The van der Waals surface area contributed by atoms with Crippen LogP contribution in [0.15, 0.2) is 47.6 Å². The number of hydrogen-bond donors (Lipinski definition) is 2. The van der Waals surface area contributed by atoms with Gasteiger partial charge in [-0.25, -0.2) is 10.9 Å². The van der Waals surface area contributed by atoms with E-state index in [2.05, 4.69) is 16.0 Å². The number of hydrazine groups is 1. The first-order valence-electron chi connectivity index (χ1n) is 10.5. The predicted molar refractivity (Wildman–Crippen MR) is 118 cm³/mol. The monoisotopic (exact) mass is 440 g/mol. The number of methoxy groups -OCH3 is 2. The Morgan fingerprint density at radius 1 is 1.09 bits per heavy atom. The van der Waals surface area contributed by atoms with Gasteiger partial charge in [-0.05, 0) is 37.6 Å². The third-order valence-electron chi connectivity index (χ3n) is 5.47. The van der Waals surface area contributed by atoms with E-state index < -0.39 is 6.23 Å². The highest BCUT2D eigenvalue weighted by Gasteiger charge is 2.39. The molecule has 1 fully saturated rings. The Balaban J connectivity index is 1.53. The number of para-hydroxylation sites is 1. The first-order chi connectivity index (χ1) is 15.5. The molecule has 3 atom stereocenters. The minimum atomic E-state index is -0.682. The van der Waals surface area contributed by atoms with Crippen LogP contribution in [0.4, 0.5) is 0 Å². The van der Waals surface area contributed by atoms with E-state index in [4.69, 9.17) is 18.9 Å². The second-order valence-corrected chi connectivity index (χ2v) is 7.49. The van der Waals surface area contributed by atoms with Gasteiger partial charge in [-0.2, -0.15) is 5.01 Å². The zero-order valence-electron chi connectivity index (χ0n) is 18.6. The molecule has 3 unspecified atom stereocenters. The molecular formula is C23H28N4O5. The average molecular weight is 441 g/mol. The van der Waals surface area contributed by atoms with Crippen LogP contribution in [0.25, 0.3) is 0 Å². The maximum atomic E-state index is 12.3. The lowest BCUT2D eigenvalue weighted by Gasteiger charge is -2.20. The number of rotatable bonds is 7. The fourth-order valence-electron chi connectivity index (χ4n) is 3.93. The van der Waals surface area contributed by atoms with Crippen molar-refractivity contribution in [2.24, 2.45) is 5.10 Å². The highest BCUT2D eigenvalue weighted by Crippen LogP contribution is 2.37. The Morgan fingerprint density at radius 2 is 1.84 bits per heavy atom. The third kappa shape index (κ3) is 4.21. The van der Waals surface area contributed by atoms with E-state index in [0.29, 0.717) is 30.4 Å². The molecule has 0 aromatic heterocycles. The summed E-state index contributed by atoms with van der Waals surface area (Å²) in [6.45, 7) is 4.02. The molecule has 4 rings (SSSR count). The number of carbonyl (C=O) groups is 1.